The van der Waals surface area contributed by atoms with Gasteiger partial charge in [0.2, 0.25) is 11.8 Å². The van der Waals surface area contributed by atoms with E-state index in [0.29, 0.717) is 18.9 Å². The van der Waals surface area contributed by atoms with E-state index in [2.05, 4.69) is 30.9 Å². The number of ether oxygens (including phenoxy) is 1. The van der Waals surface area contributed by atoms with E-state index in [1.165, 1.54) is 16.9 Å². The van der Waals surface area contributed by atoms with Gasteiger partial charge in [-0.1, -0.05) is 43.1 Å². The molecule has 2 aromatic rings. The van der Waals surface area contributed by atoms with E-state index in [9.17, 15) is 14.0 Å². The number of amides is 2. The number of hydrogen-bond donors (Lipinski definition) is 2. The fourth-order valence-electron chi connectivity index (χ4n) is 4.74. The number of hydrogen-bond acceptors (Lipinski definition) is 5. The minimum absolute atomic E-state index is 0.0635. The van der Waals surface area contributed by atoms with Crippen molar-refractivity contribution in [3.8, 4) is 5.75 Å². The van der Waals surface area contributed by atoms with E-state index in [1.807, 2.05) is 12.1 Å². The summed E-state index contributed by atoms with van der Waals surface area (Å²) in [5.41, 5.74) is 3.20. The van der Waals surface area contributed by atoms with Crippen LogP contribution in [0.15, 0.2) is 36.4 Å². The summed E-state index contributed by atoms with van der Waals surface area (Å²) < 4.78 is 20.1. The molecule has 2 fully saturated rings. The Hall–Kier alpha value is -3.17. The van der Waals surface area contributed by atoms with Crippen molar-refractivity contribution in [3.05, 3.63) is 63.9 Å². The predicted molar refractivity (Wildman–Crippen MR) is 141 cm³/mol. The zero-order valence-corrected chi connectivity index (χ0v) is 22.4. The molecule has 0 unspecified atom stereocenters. The molecule has 0 aromatic heterocycles. The predicted octanol–water partition coefficient (Wildman–Crippen LogP) is 5.91. The third kappa shape index (κ3) is 7.68. The summed E-state index contributed by atoms with van der Waals surface area (Å²) in [5, 5.41) is 14.1. The Balaban J connectivity index is 0.000000934. The summed E-state index contributed by atoms with van der Waals surface area (Å²) in [5.74, 6) is 0.163. The van der Waals surface area contributed by atoms with Crippen LogP contribution >= 0.6 is 11.6 Å². The molecule has 0 bridgehead atoms. The van der Waals surface area contributed by atoms with E-state index >= 15 is 0 Å². The van der Waals surface area contributed by atoms with Crippen LogP contribution in [0.2, 0.25) is 5.02 Å². The standard InChI is InChI=1S/C27H32ClFN2O3.CH2O3/c1-3-20-15-19(7-10-25(20)34-14-13-30-26(32)11-12-27(30)33)17-31(22-5-4-6-22)18(2)21-8-9-23(28)24(29)16-21;2-1(3)4/h7-10,15-16,18,22H,3-6,11-14,17H2,1-2H3;(H2,2,3,4)/t18-;/m1./s1. The summed E-state index contributed by atoms with van der Waals surface area (Å²) in [6, 6.07) is 11.8. The van der Waals surface area contributed by atoms with E-state index in [-0.39, 0.29) is 41.8 Å². The molecule has 8 nitrogen and oxygen atoms in total. The highest BCUT2D eigenvalue weighted by molar-refractivity contribution is 6.30. The molecule has 1 saturated heterocycles. The summed E-state index contributed by atoms with van der Waals surface area (Å²) in [4.78, 5) is 35.9. The molecule has 2 amide bonds. The van der Waals surface area contributed by atoms with Crippen molar-refractivity contribution in [3.63, 3.8) is 0 Å². The molecule has 4 rings (SSSR count). The lowest BCUT2D eigenvalue weighted by atomic mass is 9.88. The molecule has 0 spiro atoms. The monoisotopic (exact) mass is 548 g/mol. The molecule has 10 heteroatoms. The van der Waals surface area contributed by atoms with Crippen molar-refractivity contribution in [1.82, 2.24) is 9.80 Å². The van der Waals surface area contributed by atoms with Crippen LogP contribution in [-0.4, -0.2) is 57.2 Å². The number of nitrogens with zero attached hydrogens (tertiary/aromatic N) is 2. The zero-order chi connectivity index (χ0) is 27.8. The lowest BCUT2D eigenvalue weighted by Crippen LogP contribution is -2.41. The van der Waals surface area contributed by atoms with Crippen LogP contribution in [0.1, 0.15) is 68.7 Å². The fourth-order valence-corrected chi connectivity index (χ4v) is 4.86. The van der Waals surface area contributed by atoms with Crippen LogP contribution in [0.3, 0.4) is 0 Å². The topological polar surface area (TPSA) is 107 Å². The molecule has 0 radical (unpaired) electrons. The SMILES string of the molecule is CCc1cc(CN(C2CCC2)[C@H](C)c2ccc(Cl)c(F)c2)ccc1OCCN1C(=O)CCC1=O.O=C(O)O. The first kappa shape index (κ1) is 29.4. The molecule has 1 heterocycles. The maximum Gasteiger partial charge on any atom is 0.503 e. The fraction of sp³-hybridized carbons (Fsp3) is 0.464. The molecule has 2 aromatic carbocycles. The molecule has 2 aliphatic rings. The smallest absolute Gasteiger partial charge is 0.491 e. The molecule has 38 heavy (non-hydrogen) atoms. The molecule has 2 N–H and O–H groups in total. The molecule has 1 saturated carbocycles. The third-order valence-corrected chi connectivity index (χ3v) is 7.37. The van der Waals surface area contributed by atoms with Gasteiger partial charge in [-0.15, -0.1) is 0 Å². The Labute approximate surface area is 226 Å². The van der Waals surface area contributed by atoms with Crippen LogP contribution < -0.4 is 4.74 Å². The van der Waals surface area contributed by atoms with Gasteiger partial charge < -0.3 is 14.9 Å². The number of likely N-dealkylation sites (tertiary alicyclic amines) is 1. The number of halogens is 2. The highest BCUT2D eigenvalue weighted by Gasteiger charge is 2.30. The molecule has 1 aliphatic carbocycles. The highest BCUT2D eigenvalue weighted by Crippen LogP contribution is 2.35. The molecular formula is C28H34ClFN2O6. The van der Waals surface area contributed by atoms with Crippen LogP contribution in [0, 0.1) is 5.82 Å². The van der Waals surface area contributed by atoms with Crippen LogP contribution in [0.25, 0.3) is 0 Å². The van der Waals surface area contributed by atoms with Gasteiger partial charge in [-0.3, -0.25) is 19.4 Å². The lowest BCUT2D eigenvalue weighted by Gasteiger charge is -2.41. The first-order valence-electron chi connectivity index (χ1n) is 12.8. The van der Waals surface area contributed by atoms with Crippen molar-refractivity contribution in [2.24, 2.45) is 0 Å². The van der Waals surface area contributed by atoms with Crippen molar-refractivity contribution in [1.29, 1.82) is 0 Å². The Kier molecular flexibility index (Phi) is 10.5. The largest absolute Gasteiger partial charge is 0.503 e. The second-order valence-electron chi connectivity index (χ2n) is 9.47. The van der Waals surface area contributed by atoms with Gasteiger partial charge in [0.1, 0.15) is 18.2 Å². The molecule has 1 aliphatic heterocycles. The van der Waals surface area contributed by atoms with Gasteiger partial charge in [-0.05, 0) is 61.1 Å². The summed E-state index contributed by atoms with van der Waals surface area (Å²) in [6.07, 6.45) is 3.09. The van der Waals surface area contributed by atoms with Crippen molar-refractivity contribution in [2.75, 3.05) is 13.2 Å². The maximum atomic E-state index is 14.1. The number of aryl methyl sites for hydroxylation is 1. The highest BCUT2D eigenvalue weighted by atomic mass is 35.5. The Morgan fingerprint density at radius 3 is 2.37 bits per heavy atom. The van der Waals surface area contributed by atoms with Gasteiger partial charge in [-0.25, -0.2) is 9.18 Å². The first-order chi connectivity index (χ1) is 18.1. The van der Waals surface area contributed by atoms with Gasteiger partial charge in [-0.2, -0.15) is 0 Å². The van der Waals surface area contributed by atoms with Crippen LogP contribution in [-0.2, 0) is 22.6 Å². The van der Waals surface area contributed by atoms with E-state index in [1.54, 1.807) is 12.1 Å². The number of carbonyl (C=O) groups excluding carboxylic acids is 2. The van der Waals surface area contributed by atoms with Crippen molar-refractivity contribution < 1.29 is 33.7 Å². The van der Waals surface area contributed by atoms with E-state index < -0.39 is 6.16 Å². The van der Waals surface area contributed by atoms with Gasteiger partial charge in [0.05, 0.1) is 11.6 Å². The van der Waals surface area contributed by atoms with Gasteiger partial charge in [0.25, 0.3) is 0 Å². The Bertz CT molecular complexity index is 1140. The maximum absolute atomic E-state index is 14.1. The quantitative estimate of drug-likeness (QED) is 0.355. The van der Waals surface area contributed by atoms with Gasteiger partial charge in [0.15, 0.2) is 0 Å². The lowest BCUT2D eigenvalue weighted by molar-refractivity contribution is -0.138. The van der Waals surface area contributed by atoms with Crippen LogP contribution in [0.4, 0.5) is 9.18 Å². The van der Waals surface area contributed by atoms with Crippen LogP contribution in [0.5, 0.6) is 5.75 Å². The normalized spacial score (nSPS) is 16.2. The summed E-state index contributed by atoms with van der Waals surface area (Å²) >= 11 is 5.89. The number of benzene rings is 2. The second-order valence-corrected chi connectivity index (χ2v) is 9.88. The van der Waals surface area contributed by atoms with Gasteiger partial charge in [0, 0.05) is 31.5 Å². The number of carboxylic acid groups (broad SMARTS) is 2. The average molecular weight is 549 g/mol. The Morgan fingerprint density at radius 2 is 1.82 bits per heavy atom. The zero-order valence-electron chi connectivity index (χ0n) is 21.7. The van der Waals surface area contributed by atoms with E-state index in [4.69, 9.17) is 31.3 Å². The summed E-state index contributed by atoms with van der Waals surface area (Å²) in [7, 11) is 0. The molecule has 206 valence electrons. The summed E-state index contributed by atoms with van der Waals surface area (Å²) in [6.45, 7) is 5.55. The average Bonchev–Trinajstić information content (AvgIpc) is 3.16. The minimum atomic E-state index is -1.83. The van der Waals surface area contributed by atoms with E-state index in [0.717, 1.165) is 42.7 Å². The van der Waals surface area contributed by atoms with Crippen molar-refractivity contribution in [2.45, 2.75) is 71.0 Å². The molecular weight excluding hydrogens is 515 g/mol. The molecule has 1 atom stereocenters. The third-order valence-electron chi connectivity index (χ3n) is 7.07. The van der Waals surface area contributed by atoms with Crippen molar-refractivity contribution >= 4 is 29.6 Å². The van der Waals surface area contributed by atoms with Gasteiger partial charge >= 0.3 is 6.16 Å². The second kappa shape index (κ2) is 13.6. The minimum Gasteiger partial charge on any atom is -0.491 e. The number of imide groups is 1. The Morgan fingerprint density at radius 1 is 1.16 bits per heavy atom. The first-order valence-corrected chi connectivity index (χ1v) is 13.2. The number of carbonyl (C=O) groups is 3. The number of rotatable bonds is 10.